The van der Waals surface area contributed by atoms with Crippen molar-refractivity contribution in [3.8, 4) is 0 Å². The van der Waals surface area contributed by atoms with E-state index in [0.717, 1.165) is 10.9 Å². The lowest BCUT2D eigenvalue weighted by atomic mass is 10.2. The van der Waals surface area contributed by atoms with Crippen LogP contribution in [0.1, 0.15) is 23.0 Å². The first kappa shape index (κ1) is 17.1. The average molecular weight is 336 g/mol. The number of thiophene rings is 1. The zero-order valence-electron chi connectivity index (χ0n) is 12.5. The predicted octanol–water partition coefficient (Wildman–Crippen LogP) is 2.37. The number of aliphatic hydroxyl groups is 1. The van der Waals surface area contributed by atoms with Crippen LogP contribution in [-0.2, 0) is 9.59 Å². The van der Waals surface area contributed by atoms with Gasteiger partial charge in [-0.15, -0.1) is 11.3 Å². The highest BCUT2D eigenvalue weighted by Crippen LogP contribution is 2.20. The van der Waals surface area contributed by atoms with E-state index in [1.54, 1.807) is 13.0 Å². The molecule has 0 unspecified atom stereocenters. The van der Waals surface area contributed by atoms with Gasteiger partial charge in [0.1, 0.15) is 5.82 Å². The Balaban J connectivity index is 1.78. The molecule has 0 aliphatic carbocycles. The van der Waals surface area contributed by atoms with E-state index in [1.165, 1.54) is 23.5 Å². The molecule has 0 fully saturated rings. The standard InChI is InChI=1S/C16H17FN2O3S/c1-10-4-5-11(9-12(10)17)19-16(22)15(21)18-7-6-13(20)14-3-2-8-23-14/h2-5,8-9,13,20H,6-7H2,1H3,(H,18,21)(H,19,22)/t13-/m1/s1. The Kier molecular flexibility index (Phi) is 5.84. The number of aryl methyl sites for hydroxylation is 1. The molecule has 0 aliphatic rings. The summed E-state index contributed by atoms with van der Waals surface area (Å²) in [5.74, 6) is -2.16. The van der Waals surface area contributed by atoms with Gasteiger partial charge in [-0.05, 0) is 42.5 Å². The van der Waals surface area contributed by atoms with E-state index < -0.39 is 23.7 Å². The molecule has 2 rings (SSSR count). The van der Waals surface area contributed by atoms with Crippen molar-refractivity contribution >= 4 is 28.8 Å². The van der Waals surface area contributed by atoms with Gasteiger partial charge >= 0.3 is 11.8 Å². The van der Waals surface area contributed by atoms with E-state index in [4.69, 9.17) is 0 Å². The highest BCUT2D eigenvalue weighted by atomic mass is 32.1. The summed E-state index contributed by atoms with van der Waals surface area (Å²) in [6.07, 6.45) is -0.372. The molecular formula is C16H17FN2O3S. The molecule has 0 saturated carbocycles. The van der Waals surface area contributed by atoms with Crippen LogP contribution in [0.15, 0.2) is 35.7 Å². The van der Waals surface area contributed by atoms with Crippen LogP contribution < -0.4 is 10.6 Å². The van der Waals surface area contributed by atoms with E-state index in [2.05, 4.69) is 10.6 Å². The van der Waals surface area contributed by atoms with E-state index in [0.29, 0.717) is 12.0 Å². The van der Waals surface area contributed by atoms with Crippen molar-refractivity contribution in [3.63, 3.8) is 0 Å². The van der Waals surface area contributed by atoms with Gasteiger partial charge in [-0.3, -0.25) is 9.59 Å². The summed E-state index contributed by atoms with van der Waals surface area (Å²) in [4.78, 5) is 24.2. The summed E-state index contributed by atoms with van der Waals surface area (Å²) in [6.45, 7) is 1.76. The summed E-state index contributed by atoms with van der Waals surface area (Å²) < 4.78 is 13.4. The van der Waals surface area contributed by atoms with Crippen molar-refractivity contribution in [2.24, 2.45) is 0 Å². The fourth-order valence-corrected chi connectivity index (χ4v) is 2.63. The molecule has 1 heterocycles. The van der Waals surface area contributed by atoms with Crippen LogP contribution in [-0.4, -0.2) is 23.5 Å². The van der Waals surface area contributed by atoms with Crippen molar-refractivity contribution in [2.45, 2.75) is 19.4 Å². The number of aliphatic hydroxyl groups excluding tert-OH is 1. The van der Waals surface area contributed by atoms with Crippen LogP contribution in [0.4, 0.5) is 10.1 Å². The molecule has 3 N–H and O–H groups in total. The molecule has 23 heavy (non-hydrogen) atoms. The first-order valence-corrected chi connectivity index (χ1v) is 7.92. The summed E-state index contributed by atoms with van der Waals surface area (Å²) >= 11 is 1.42. The molecule has 7 heteroatoms. The number of benzene rings is 1. The Bertz CT molecular complexity index is 689. The smallest absolute Gasteiger partial charge is 0.313 e. The van der Waals surface area contributed by atoms with Gasteiger partial charge < -0.3 is 15.7 Å². The first-order valence-electron chi connectivity index (χ1n) is 7.04. The molecule has 1 aromatic heterocycles. The number of amides is 2. The lowest BCUT2D eigenvalue weighted by Gasteiger charge is -2.10. The normalized spacial score (nSPS) is 11.8. The minimum atomic E-state index is -0.876. The second-order valence-electron chi connectivity index (χ2n) is 4.99. The molecule has 1 aromatic carbocycles. The Morgan fingerprint density at radius 1 is 1.30 bits per heavy atom. The molecule has 0 aliphatic heterocycles. The summed E-state index contributed by atoms with van der Waals surface area (Å²) in [5.41, 5.74) is 0.668. The van der Waals surface area contributed by atoms with Gasteiger partial charge in [-0.1, -0.05) is 12.1 Å². The quantitative estimate of drug-likeness (QED) is 0.734. The molecule has 1 atom stereocenters. The highest BCUT2D eigenvalue weighted by Gasteiger charge is 2.15. The van der Waals surface area contributed by atoms with Gasteiger partial charge in [0.15, 0.2) is 0 Å². The van der Waals surface area contributed by atoms with Crippen LogP contribution in [0.5, 0.6) is 0 Å². The van der Waals surface area contributed by atoms with E-state index in [9.17, 15) is 19.1 Å². The minimum Gasteiger partial charge on any atom is -0.388 e. The van der Waals surface area contributed by atoms with E-state index in [1.807, 2.05) is 11.4 Å². The Morgan fingerprint density at radius 2 is 2.09 bits per heavy atom. The average Bonchev–Trinajstić information content (AvgIpc) is 3.05. The van der Waals surface area contributed by atoms with Crippen LogP contribution >= 0.6 is 11.3 Å². The van der Waals surface area contributed by atoms with Crippen LogP contribution in [0, 0.1) is 12.7 Å². The fraction of sp³-hybridized carbons (Fsp3) is 0.250. The summed E-state index contributed by atoms with van der Waals surface area (Å²) in [6, 6.07) is 7.82. The predicted molar refractivity (Wildman–Crippen MR) is 86.7 cm³/mol. The maximum atomic E-state index is 13.4. The number of carbonyl (C=O) groups excluding carboxylic acids is 2. The van der Waals surface area contributed by atoms with Gasteiger partial charge in [0.05, 0.1) is 6.10 Å². The second-order valence-corrected chi connectivity index (χ2v) is 5.97. The summed E-state index contributed by atoms with van der Waals surface area (Å²) in [7, 11) is 0. The van der Waals surface area contributed by atoms with E-state index in [-0.39, 0.29) is 12.2 Å². The van der Waals surface area contributed by atoms with Crippen molar-refractivity contribution in [2.75, 3.05) is 11.9 Å². The third-order valence-electron chi connectivity index (χ3n) is 3.21. The Hall–Kier alpha value is -2.25. The number of rotatable bonds is 5. The van der Waals surface area contributed by atoms with Gasteiger partial charge in [0.2, 0.25) is 0 Å². The summed E-state index contributed by atoms with van der Waals surface area (Å²) in [5, 5.41) is 16.5. The number of hydrogen-bond acceptors (Lipinski definition) is 4. The van der Waals surface area contributed by atoms with Crippen molar-refractivity contribution in [1.29, 1.82) is 0 Å². The van der Waals surface area contributed by atoms with Gasteiger partial charge in [0, 0.05) is 17.1 Å². The highest BCUT2D eigenvalue weighted by molar-refractivity contribution is 7.10. The number of anilines is 1. The maximum Gasteiger partial charge on any atom is 0.313 e. The second kappa shape index (κ2) is 7.85. The van der Waals surface area contributed by atoms with Crippen LogP contribution in [0.3, 0.4) is 0 Å². The molecular weight excluding hydrogens is 319 g/mol. The van der Waals surface area contributed by atoms with Crippen molar-refractivity contribution in [3.05, 3.63) is 52.0 Å². The van der Waals surface area contributed by atoms with Crippen LogP contribution in [0.25, 0.3) is 0 Å². The zero-order valence-corrected chi connectivity index (χ0v) is 13.3. The first-order chi connectivity index (χ1) is 11.0. The SMILES string of the molecule is Cc1ccc(NC(=O)C(=O)NCC[C@@H](O)c2cccs2)cc1F. The number of nitrogens with one attached hydrogen (secondary N) is 2. The maximum absolute atomic E-state index is 13.4. The molecule has 5 nitrogen and oxygen atoms in total. The van der Waals surface area contributed by atoms with Crippen molar-refractivity contribution in [1.82, 2.24) is 5.32 Å². The monoisotopic (exact) mass is 336 g/mol. The van der Waals surface area contributed by atoms with Gasteiger partial charge in [-0.25, -0.2) is 4.39 Å². The number of halogens is 1. The molecule has 0 bridgehead atoms. The van der Waals surface area contributed by atoms with Gasteiger partial charge in [-0.2, -0.15) is 0 Å². The third-order valence-corrected chi connectivity index (χ3v) is 4.18. The van der Waals surface area contributed by atoms with Gasteiger partial charge in [0.25, 0.3) is 0 Å². The Morgan fingerprint density at radius 3 is 2.74 bits per heavy atom. The van der Waals surface area contributed by atoms with Crippen molar-refractivity contribution < 1.29 is 19.1 Å². The lowest BCUT2D eigenvalue weighted by molar-refractivity contribution is -0.136. The molecule has 0 saturated heterocycles. The molecule has 2 amide bonds. The number of carbonyl (C=O) groups is 2. The van der Waals surface area contributed by atoms with E-state index >= 15 is 0 Å². The lowest BCUT2D eigenvalue weighted by Crippen LogP contribution is -2.36. The molecule has 0 spiro atoms. The Labute approximate surface area is 137 Å². The third kappa shape index (κ3) is 4.87. The number of hydrogen-bond donors (Lipinski definition) is 3. The topological polar surface area (TPSA) is 78.4 Å². The fourth-order valence-electron chi connectivity index (χ4n) is 1.88. The molecule has 2 aromatic rings. The molecule has 122 valence electrons. The minimum absolute atomic E-state index is 0.160. The van der Waals surface area contributed by atoms with Crippen LogP contribution in [0.2, 0.25) is 0 Å². The largest absolute Gasteiger partial charge is 0.388 e. The zero-order chi connectivity index (χ0) is 16.8. The molecule has 0 radical (unpaired) electrons.